The predicted octanol–water partition coefficient (Wildman–Crippen LogP) is 2.77. The zero-order valence-corrected chi connectivity index (χ0v) is 12.1. The van der Waals surface area contributed by atoms with Gasteiger partial charge in [0.2, 0.25) is 0 Å². The number of rotatable bonds is 4. The molecule has 20 heavy (non-hydrogen) atoms. The van der Waals surface area contributed by atoms with Gasteiger partial charge in [-0.2, -0.15) is 0 Å². The first kappa shape index (κ1) is 12.9. The molecule has 0 bridgehead atoms. The number of carboxylic acid groups (broad SMARTS) is 1. The number of thiophene rings is 1. The first-order valence-corrected chi connectivity index (χ1v) is 7.51. The maximum absolute atomic E-state index is 11.2. The van der Waals surface area contributed by atoms with E-state index in [1.165, 1.54) is 29.0 Å². The quantitative estimate of drug-likeness (QED) is 0.770. The van der Waals surface area contributed by atoms with E-state index in [4.69, 9.17) is 0 Å². The highest BCUT2D eigenvalue weighted by Gasteiger charge is 2.18. The van der Waals surface area contributed by atoms with Gasteiger partial charge in [0, 0.05) is 5.38 Å². The zero-order chi connectivity index (χ0) is 14.1. The summed E-state index contributed by atoms with van der Waals surface area (Å²) in [6.45, 7) is 2.33. The lowest BCUT2D eigenvalue weighted by molar-refractivity contribution is 0.0701. The maximum atomic E-state index is 11.2. The summed E-state index contributed by atoms with van der Waals surface area (Å²) in [7, 11) is 0. The van der Waals surface area contributed by atoms with Gasteiger partial charge in [0.05, 0.1) is 23.1 Å². The molecular formula is C12H10N4O2S2. The number of thiazole rings is 1. The Bertz CT molecular complexity index is 767. The van der Waals surface area contributed by atoms with Crippen LogP contribution in [0.25, 0.3) is 10.2 Å². The molecule has 0 atom stereocenters. The molecule has 0 aliphatic carbocycles. The SMILES string of the molecule is Cc1c(C(=O)O)sc2ncnc(NCc3cscn3)c12. The van der Waals surface area contributed by atoms with Gasteiger partial charge < -0.3 is 10.4 Å². The Labute approximate surface area is 122 Å². The molecule has 0 saturated heterocycles. The number of nitrogens with one attached hydrogen (secondary N) is 1. The molecule has 3 aromatic heterocycles. The summed E-state index contributed by atoms with van der Waals surface area (Å²) in [6, 6.07) is 0. The van der Waals surface area contributed by atoms with Gasteiger partial charge in [0.25, 0.3) is 0 Å². The lowest BCUT2D eigenvalue weighted by Crippen LogP contribution is -2.02. The van der Waals surface area contributed by atoms with Crippen LogP contribution in [0.4, 0.5) is 5.82 Å². The van der Waals surface area contributed by atoms with Crippen molar-refractivity contribution in [3.05, 3.63) is 33.4 Å². The van der Waals surface area contributed by atoms with E-state index in [1.54, 1.807) is 12.4 Å². The third kappa shape index (κ3) is 2.23. The average molecular weight is 306 g/mol. The molecular weight excluding hydrogens is 296 g/mol. The predicted molar refractivity (Wildman–Crippen MR) is 78.6 cm³/mol. The third-order valence-corrected chi connectivity index (χ3v) is 4.66. The first-order chi connectivity index (χ1) is 9.66. The van der Waals surface area contributed by atoms with Crippen molar-refractivity contribution < 1.29 is 9.90 Å². The topological polar surface area (TPSA) is 88.0 Å². The number of carbonyl (C=O) groups is 1. The van der Waals surface area contributed by atoms with E-state index in [2.05, 4.69) is 20.3 Å². The summed E-state index contributed by atoms with van der Waals surface area (Å²) in [6.07, 6.45) is 1.44. The van der Waals surface area contributed by atoms with E-state index in [9.17, 15) is 9.90 Å². The van der Waals surface area contributed by atoms with Crippen LogP contribution >= 0.6 is 22.7 Å². The number of nitrogens with zero attached hydrogens (tertiary/aromatic N) is 3. The van der Waals surface area contributed by atoms with Gasteiger partial charge in [-0.1, -0.05) is 0 Å². The van der Waals surface area contributed by atoms with Crippen molar-refractivity contribution in [1.82, 2.24) is 15.0 Å². The molecule has 0 radical (unpaired) electrons. The Balaban J connectivity index is 2.00. The lowest BCUT2D eigenvalue weighted by Gasteiger charge is -2.05. The standard InChI is InChI=1S/C12H10N4O2S2/c1-6-8-10(13-2-7-3-19-5-16-7)14-4-15-11(8)20-9(6)12(17)18/h3-5H,2H2,1H3,(H,17,18)(H,13,14,15). The van der Waals surface area contributed by atoms with Crippen molar-refractivity contribution in [2.45, 2.75) is 13.5 Å². The zero-order valence-electron chi connectivity index (χ0n) is 10.5. The van der Waals surface area contributed by atoms with Crippen LogP contribution in [0, 0.1) is 6.92 Å². The first-order valence-electron chi connectivity index (χ1n) is 5.75. The number of aromatic carboxylic acids is 1. The van der Waals surface area contributed by atoms with E-state index in [-0.39, 0.29) is 0 Å². The summed E-state index contributed by atoms with van der Waals surface area (Å²) in [5.74, 6) is -0.291. The smallest absolute Gasteiger partial charge is 0.346 e. The van der Waals surface area contributed by atoms with Crippen molar-refractivity contribution in [2.24, 2.45) is 0 Å². The van der Waals surface area contributed by atoms with Crippen LogP contribution < -0.4 is 5.32 Å². The number of fused-ring (bicyclic) bond motifs is 1. The van der Waals surface area contributed by atoms with E-state index < -0.39 is 5.97 Å². The van der Waals surface area contributed by atoms with Crippen molar-refractivity contribution >= 4 is 44.7 Å². The largest absolute Gasteiger partial charge is 0.477 e. The maximum Gasteiger partial charge on any atom is 0.346 e. The molecule has 0 amide bonds. The summed E-state index contributed by atoms with van der Waals surface area (Å²) >= 11 is 2.70. The Kier molecular flexibility index (Phi) is 3.33. The molecule has 0 fully saturated rings. The van der Waals surface area contributed by atoms with E-state index in [1.807, 2.05) is 5.38 Å². The molecule has 102 valence electrons. The van der Waals surface area contributed by atoms with Crippen LogP contribution in [0.15, 0.2) is 17.2 Å². The van der Waals surface area contributed by atoms with Crippen LogP contribution in [-0.2, 0) is 6.54 Å². The number of aromatic nitrogens is 3. The number of aryl methyl sites for hydroxylation is 1. The van der Waals surface area contributed by atoms with Gasteiger partial charge in [-0.05, 0) is 12.5 Å². The minimum absolute atomic E-state index is 0.303. The van der Waals surface area contributed by atoms with Crippen molar-refractivity contribution in [3.8, 4) is 0 Å². The molecule has 2 N–H and O–H groups in total. The molecule has 3 aromatic rings. The molecule has 0 aliphatic rings. The molecule has 0 saturated carbocycles. The minimum atomic E-state index is -0.934. The number of carboxylic acids is 1. The molecule has 8 heteroatoms. The molecule has 6 nitrogen and oxygen atoms in total. The number of hydrogen-bond donors (Lipinski definition) is 2. The van der Waals surface area contributed by atoms with Crippen LogP contribution in [0.3, 0.4) is 0 Å². The van der Waals surface area contributed by atoms with Gasteiger partial charge in [-0.3, -0.25) is 0 Å². The van der Waals surface area contributed by atoms with Crippen molar-refractivity contribution in [2.75, 3.05) is 5.32 Å². The van der Waals surface area contributed by atoms with Crippen molar-refractivity contribution in [3.63, 3.8) is 0 Å². The highest BCUT2D eigenvalue weighted by Crippen LogP contribution is 2.33. The van der Waals surface area contributed by atoms with Crippen LogP contribution in [0.1, 0.15) is 20.9 Å². The fourth-order valence-corrected chi connectivity index (χ4v) is 3.45. The second-order valence-corrected chi connectivity index (χ2v) is 5.81. The normalized spacial score (nSPS) is 10.8. The van der Waals surface area contributed by atoms with Gasteiger partial charge >= 0.3 is 5.97 Å². The Morgan fingerprint density at radius 2 is 2.25 bits per heavy atom. The molecule has 3 heterocycles. The average Bonchev–Trinajstić information content (AvgIpc) is 3.05. The van der Waals surface area contributed by atoms with Gasteiger partial charge in [-0.25, -0.2) is 19.7 Å². The summed E-state index contributed by atoms with van der Waals surface area (Å²) in [5, 5.41) is 15.1. The second-order valence-electron chi connectivity index (χ2n) is 4.10. The molecule has 0 aromatic carbocycles. The van der Waals surface area contributed by atoms with Gasteiger partial charge in [-0.15, -0.1) is 22.7 Å². The fraction of sp³-hybridized carbons (Fsp3) is 0.167. The molecule has 0 aliphatic heterocycles. The molecule has 0 unspecified atom stereocenters. The second kappa shape index (κ2) is 5.14. The number of hydrogen-bond acceptors (Lipinski definition) is 7. The third-order valence-electron chi connectivity index (χ3n) is 2.84. The minimum Gasteiger partial charge on any atom is -0.477 e. The van der Waals surface area contributed by atoms with E-state index in [0.717, 1.165) is 11.1 Å². The van der Waals surface area contributed by atoms with Crippen molar-refractivity contribution in [1.29, 1.82) is 0 Å². The Hall–Kier alpha value is -2.06. The lowest BCUT2D eigenvalue weighted by atomic mass is 10.2. The van der Waals surface area contributed by atoms with Crippen LogP contribution in [0.2, 0.25) is 0 Å². The monoisotopic (exact) mass is 306 g/mol. The highest BCUT2D eigenvalue weighted by molar-refractivity contribution is 7.20. The highest BCUT2D eigenvalue weighted by atomic mass is 32.1. The van der Waals surface area contributed by atoms with E-state index in [0.29, 0.717) is 27.6 Å². The van der Waals surface area contributed by atoms with Crippen LogP contribution in [0.5, 0.6) is 0 Å². The van der Waals surface area contributed by atoms with Gasteiger partial charge in [0.1, 0.15) is 21.9 Å². The Morgan fingerprint density at radius 3 is 2.95 bits per heavy atom. The van der Waals surface area contributed by atoms with Crippen LogP contribution in [-0.4, -0.2) is 26.0 Å². The fourth-order valence-electron chi connectivity index (χ4n) is 1.91. The summed E-state index contributed by atoms with van der Waals surface area (Å²) in [4.78, 5) is 24.7. The summed E-state index contributed by atoms with van der Waals surface area (Å²) < 4.78 is 0. The Morgan fingerprint density at radius 1 is 1.40 bits per heavy atom. The number of anilines is 1. The molecule has 0 spiro atoms. The van der Waals surface area contributed by atoms with E-state index >= 15 is 0 Å². The molecule has 3 rings (SSSR count). The summed E-state index contributed by atoms with van der Waals surface area (Å²) in [5.41, 5.74) is 3.39. The van der Waals surface area contributed by atoms with Gasteiger partial charge in [0.15, 0.2) is 0 Å².